The van der Waals surface area contributed by atoms with Crippen molar-refractivity contribution in [1.29, 1.82) is 0 Å². The van der Waals surface area contributed by atoms with Crippen molar-refractivity contribution < 1.29 is 17.9 Å². The van der Waals surface area contributed by atoms with Gasteiger partial charge in [-0.05, 0) is 48.9 Å². The van der Waals surface area contributed by atoms with E-state index in [1.54, 1.807) is 25.3 Å². The zero-order chi connectivity index (χ0) is 19.5. The molecule has 0 aliphatic carbocycles. The van der Waals surface area contributed by atoms with Gasteiger partial charge in [0.25, 0.3) is 0 Å². The summed E-state index contributed by atoms with van der Waals surface area (Å²) in [5, 5.41) is 2.95. The number of piperidine rings is 1. The predicted molar refractivity (Wildman–Crippen MR) is 102 cm³/mol. The van der Waals surface area contributed by atoms with E-state index in [2.05, 4.69) is 26.1 Å². The summed E-state index contributed by atoms with van der Waals surface area (Å²) in [6.45, 7) is 9.22. The normalized spacial score (nSPS) is 19.2. The molecule has 0 bridgehead atoms. The molecule has 0 unspecified atom stereocenters. The molecule has 26 heavy (non-hydrogen) atoms. The van der Waals surface area contributed by atoms with Crippen molar-refractivity contribution >= 4 is 15.9 Å². The highest BCUT2D eigenvalue weighted by Gasteiger charge is 2.33. The Morgan fingerprint density at radius 3 is 2.62 bits per heavy atom. The Hall–Kier alpha value is -1.60. The van der Waals surface area contributed by atoms with E-state index in [9.17, 15) is 13.2 Å². The number of carbonyl (C=O) groups excluding carboxylic acids is 1. The lowest BCUT2D eigenvalue weighted by molar-refractivity contribution is -0.126. The smallest absolute Gasteiger partial charge is 0.243 e. The lowest BCUT2D eigenvalue weighted by atomic mass is 9.95. The number of nitrogens with zero attached hydrogens (tertiary/aromatic N) is 1. The van der Waals surface area contributed by atoms with Gasteiger partial charge in [0.2, 0.25) is 15.9 Å². The van der Waals surface area contributed by atoms with Gasteiger partial charge in [-0.15, -0.1) is 0 Å². The minimum atomic E-state index is -3.62. The van der Waals surface area contributed by atoms with E-state index in [0.29, 0.717) is 31.7 Å². The summed E-state index contributed by atoms with van der Waals surface area (Å²) in [5.74, 6) is 0.285. The number of hydrogen-bond acceptors (Lipinski definition) is 4. The third kappa shape index (κ3) is 4.98. The Balaban J connectivity index is 2.12. The molecule has 0 radical (unpaired) electrons. The van der Waals surface area contributed by atoms with Gasteiger partial charge in [-0.2, -0.15) is 4.31 Å². The number of aryl methyl sites for hydroxylation is 1. The van der Waals surface area contributed by atoms with Crippen molar-refractivity contribution in [3.63, 3.8) is 0 Å². The molecule has 0 aromatic heterocycles. The molecular weight excluding hydrogens is 352 g/mol. The second kappa shape index (κ2) is 7.96. The van der Waals surface area contributed by atoms with Crippen molar-refractivity contribution in [2.45, 2.75) is 45.4 Å². The van der Waals surface area contributed by atoms with Crippen molar-refractivity contribution in [3.05, 3.63) is 23.8 Å². The molecule has 1 aromatic carbocycles. The molecule has 1 amide bonds. The second-order valence-electron chi connectivity index (χ2n) is 8.11. The summed E-state index contributed by atoms with van der Waals surface area (Å²) in [7, 11) is -2.06. The highest BCUT2D eigenvalue weighted by Crippen LogP contribution is 2.27. The van der Waals surface area contributed by atoms with Crippen LogP contribution in [0.25, 0.3) is 0 Å². The lowest BCUT2D eigenvalue weighted by Crippen LogP contribution is -2.46. The average Bonchev–Trinajstić information content (AvgIpc) is 2.59. The van der Waals surface area contributed by atoms with E-state index in [4.69, 9.17) is 4.74 Å². The van der Waals surface area contributed by atoms with Gasteiger partial charge < -0.3 is 10.1 Å². The second-order valence-corrected chi connectivity index (χ2v) is 10.1. The molecule has 1 aliphatic heterocycles. The first-order valence-electron chi connectivity index (χ1n) is 8.97. The van der Waals surface area contributed by atoms with Crippen LogP contribution in [0.1, 0.15) is 39.2 Å². The van der Waals surface area contributed by atoms with Crippen LogP contribution in [0.4, 0.5) is 0 Å². The fourth-order valence-corrected chi connectivity index (χ4v) is 4.64. The third-order valence-corrected chi connectivity index (χ3v) is 6.41. The molecule has 1 N–H and O–H groups in total. The van der Waals surface area contributed by atoms with Crippen LogP contribution in [0.2, 0.25) is 0 Å². The zero-order valence-electron chi connectivity index (χ0n) is 16.3. The van der Waals surface area contributed by atoms with Crippen LogP contribution >= 0.6 is 0 Å². The fourth-order valence-electron chi connectivity index (χ4n) is 3.03. The Morgan fingerprint density at radius 2 is 2.04 bits per heavy atom. The summed E-state index contributed by atoms with van der Waals surface area (Å²) < 4.78 is 32.6. The van der Waals surface area contributed by atoms with E-state index in [-0.39, 0.29) is 28.7 Å². The maximum absolute atomic E-state index is 13.0. The number of amides is 1. The van der Waals surface area contributed by atoms with Crippen LogP contribution < -0.4 is 10.1 Å². The third-order valence-electron chi connectivity index (χ3n) is 4.55. The number of methoxy groups -OCH3 is 1. The Labute approximate surface area is 157 Å². The number of nitrogens with one attached hydrogen (secondary N) is 1. The van der Waals surface area contributed by atoms with Gasteiger partial charge >= 0.3 is 0 Å². The first-order chi connectivity index (χ1) is 12.0. The van der Waals surface area contributed by atoms with Crippen molar-refractivity contribution in [2.75, 3.05) is 26.7 Å². The van der Waals surface area contributed by atoms with Crippen LogP contribution in [-0.2, 0) is 14.8 Å². The first kappa shape index (κ1) is 20.7. The van der Waals surface area contributed by atoms with Crippen molar-refractivity contribution in [2.24, 2.45) is 11.3 Å². The molecule has 0 saturated carbocycles. The van der Waals surface area contributed by atoms with Crippen LogP contribution in [0.3, 0.4) is 0 Å². The first-order valence-corrected chi connectivity index (χ1v) is 10.4. The summed E-state index contributed by atoms with van der Waals surface area (Å²) in [5.41, 5.74) is 0.765. The lowest BCUT2D eigenvalue weighted by Gasteiger charge is -2.32. The van der Waals surface area contributed by atoms with Gasteiger partial charge in [0, 0.05) is 19.6 Å². The predicted octanol–water partition coefficient (Wildman–Crippen LogP) is 2.57. The summed E-state index contributed by atoms with van der Waals surface area (Å²) in [4.78, 5) is 12.7. The van der Waals surface area contributed by atoms with E-state index >= 15 is 0 Å². The molecule has 0 spiro atoms. The zero-order valence-corrected chi connectivity index (χ0v) is 17.1. The standard InChI is InChI=1S/C19H30N2O4S/c1-14-11-16(8-9-17(14)25-5)26(23,24)21-10-6-7-15(12-21)18(22)20-13-19(2,3)4/h8-9,11,15H,6-7,10,12-13H2,1-5H3,(H,20,22)/t15-/m0/s1. The number of sulfonamides is 1. The van der Waals surface area contributed by atoms with Crippen LogP contribution in [0.15, 0.2) is 23.1 Å². The molecule has 1 heterocycles. The van der Waals surface area contributed by atoms with Crippen molar-refractivity contribution in [1.82, 2.24) is 9.62 Å². The van der Waals surface area contributed by atoms with Crippen LogP contribution in [-0.4, -0.2) is 45.4 Å². The molecule has 1 saturated heterocycles. The minimum absolute atomic E-state index is 0.00326. The fraction of sp³-hybridized carbons (Fsp3) is 0.632. The van der Waals surface area contributed by atoms with Gasteiger partial charge in [-0.3, -0.25) is 4.79 Å². The molecule has 146 valence electrons. The number of ether oxygens (including phenoxy) is 1. The monoisotopic (exact) mass is 382 g/mol. The van der Waals surface area contributed by atoms with Crippen molar-refractivity contribution in [3.8, 4) is 5.75 Å². The Kier molecular flexibility index (Phi) is 6.34. The van der Waals surface area contributed by atoms with Gasteiger partial charge in [-0.25, -0.2) is 8.42 Å². The van der Waals surface area contributed by atoms with E-state index < -0.39 is 10.0 Å². The van der Waals surface area contributed by atoms with Gasteiger partial charge in [0.1, 0.15) is 5.75 Å². The highest BCUT2D eigenvalue weighted by molar-refractivity contribution is 7.89. The molecule has 2 rings (SSSR count). The molecule has 1 atom stereocenters. The molecule has 1 aromatic rings. The minimum Gasteiger partial charge on any atom is -0.496 e. The summed E-state index contributed by atoms with van der Waals surface area (Å²) in [6.07, 6.45) is 1.39. The molecule has 1 fully saturated rings. The largest absolute Gasteiger partial charge is 0.496 e. The molecule has 6 nitrogen and oxygen atoms in total. The topological polar surface area (TPSA) is 75.7 Å². The van der Waals surface area contributed by atoms with E-state index in [1.165, 1.54) is 4.31 Å². The van der Waals surface area contributed by atoms with Gasteiger partial charge in [-0.1, -0.05) is 20.8 Å². The number of carbonyl (C=O) groups is 1. The number of benzene rings is 1. The number of rotatable bonds is 5. The van der Waals surface area contributed by atoms with Crippen LogP contribution in [0.5, 0.6) is 5.75 Å². The maximum Gasteiger partial charge on any atom is 0.243 e. The van der Waals surface area contributed by atoms with Crippen LogP contribution in [0, 0.1) is 18.3 Å². The molecule has 1 aliphatic rings. The van der Waals surface area contributed by atoms with Gasteiger partial charge in [0.15, 0.2) is 0 Å². The summed E-state index contributed by atoms with van der Waals surface area (Å²) >= 11 is 0. The maximum atomic E-state index is 13.0. The SMILES string of the molecule is COc1ccc(S(=O)(=O)N2CCC[C@H](C(=O)NCC(C)(C)C)C2)cc1C. The molecular formula is C19H30N2O4S. The molecule has 7 heteroatoms. The Bertz CT molecular complexity index is 753. The highest BCUT2D eigenvalue weighted by atomic mass is 32.2. The average molecular weight is 383 g/mol. The van der Waals surface area contributed by atoms with E-state index in [0.717, 1.165) is 5.56 Å². The van der Waals surface area contributed by atoms with E-state index in [1.807, 2.05) is 6.92 Å². The summed E-state index contributed by atoms with van der Waals surface area (Å²) in [6, 6.07) is 4.85. The quantitative estimate of drug-likeness (QED) is 0.849. The Morgan fingerprint density at radius 1 is 1.35 bits per heavy atom. The van der Waals surface area contributed by atoms with Gasteiger partial charge in [0.05, 0.1) is 17.9 Å². The number of hydrogen-bond donors (Lipinski definition) is 1.